The Morgan fingerprint density at radius 2 is 2.58 bits per heavy atom. The molecule has 0 N–H and O–H groups in total. The second-order valence-electron chi connectivity index (χ2n) is 4.22. The minimum atomic E-state index is 0.0995. The summed E-state index contributed by atoms with van der Waals surface area (Å²) in [5.41, 5.74) is 0.0995. The van der Waals surface area contributed by atoms with Gasteiger partial charge in [-0.25, -0.2) is 0 Å². The van der Waals surface area contributed by atoms with E-state index < -0.39 is 0 Å². The van der Waals surface area contributed by atoms with Crippen LogP contribution in [0.4, 0.5) is 0 Å². The number of hydrogen-bond acceptors (Lipinski definition) is 3. The topological polar surface area (TPSA) is 24.8 Å². The van der Waals surface area contributed by atoms with Crippen LogP contribution in [0.5, 0.6) is 0 Å². The van der Waals surface area contributed by atoms with Gasteiger partial charge in [0.15, 0.2) is 5.90 Å². The van der Waals surface area contributed by atoms with Crippen LogP contribution in [0.3, 0.4) is 0 Å². The van der Waals surface area contributed by atoms with Crippen molar-refractivity contribution >= 4 is 5.90 Å². The van der Waals surface area contributed by atoms with E-state index >= 15 is 0 Å². The smallest absolute Gasteiger partial charge is 0.181 e. The fourth-order valence-corrected chi connectivity index (χ4v) is 2.81. The molecule has 0 aromatic rings. The molecule has 3 atom stereocenters. The van der Waals surface area contributed by atoms with Crippen molar-refractivity contribution in [1.82, 2.24) is 4.90 Å². The standard InChI is InChI=1S/C9H14N2O/c1-7-10-5-9(12-7)6-11-3-2-8(9)4-11/h8H,2-6H2,1H3. The molecule has 3 unspecified atom stereocenters. The minimum Gasteiger partial charge on any atom is -0.471 e. The van der Waals surface area contributed by atoms with Crippen molar-refractivity contribution in [3.05, 3.63) is 0 Å². The number of piperidine rings is 1. The van der Waals surface area contributed by atoms with Crippen molar-refractivity contribution in [3.8, 4) is 0 Å². The molecular formula is C9H14N2O. The second-order valence-corrected chi connectivity index (χ2v) is 4.22. The van der Waals surface area contributed by atoms with Crippen molar-refractivity contribution in [2.45, 2.75) is 18.9 Å². The summed E-state index contributed by atoms with van der Waals surface area (Å²) in [4.78, 5) is 6.86. The van der Waals surface area contributed by atoms with E-state index in [1.54, 1.807) is 0 Å². The number of aliphatic imine (C=N–C) groups is 1. The molecule has 3 heterocycles. The van der Waals surface area contributed by atoms with Gasteiger partial charge in [0.2, 0.25) is 0 Å². The van der Waals surface area contributed by atoms with Gasteiger partial charge in [0.05, 0.1) is 6.54 Å². The number of nitrogens with zero attached hydrogens (tertiary/aromatic N) is 2. The molecule has 0 aromatic heterocycles. The van der Waals surface area contributed by atoms with E-state index in [4.69, 9.17) is 4.74 Å². The summed E-state index contributed by atoms with van der Waals surface area (Å²) in [5, 5.41) is 0. The zero-order valence-electron chi connectivity index (χ0n) is 7.42. The van der Waals surface area contributed by atoms with Crippen LogP contribution in [0.1, 0.15) is 13.3 Å². The van der Waals surface area contributed by atoms with Crippen LogP contribution in [-0.2, 0) is 4.74 Å². The molecule has 2 fully saturated rings. The van der Waals surface area contributed by atoms with Gasteiger partial charge in [-0.1, -0.05) is 0 Å². The summed E-state index contributed by atoms with van der Waals surface area (Å²) in [6.07, 6.45) is 1.31. The molecular weight excluding hydrogens is 152 g/mol. The molecule has 0 radical (unpaired) electrons. The number of fused-ring (bicyclic) bond motifs is 3. The average Bonchev–Trinajstić information content (AvgIpc) is 2.67. The summed E-state index contributed by atoms with van der Waals surface area (Å²) in [6, 6.07) is 0. The largest absolute Gasteiger partial charge is 0.471 e. The average molecular weight is 166 g/mol. The van der Waals surface area contributed by atoms with Crippen LogP contribution >= 0.6 is 0 Å². The van der Waals surface area contributed by atoms with Crippen LogP contribution in [0, 0.1) is 5.92 Å². The van der Waals surface area contributed by atoms with E-state index in [0.717, 1.165) is 24.9 Å². The highest BCUT2D eigenvalue weighted by Gasteiger charge is 2.54. The predicted molar refractivity (Wildman–Crippen MR) is 46.3 cm³/mol. The summed E-state index contributed by atoms with van der Waals surface area (Å²) >= 11 is 0. The van der Waals surface area contributed by atoms with E-state index in [9.17, 15) is 0 Å². The maximum atomic E-state index is 5.85. The molecule has 3 aliphatic heterocycles. The number of rotatable bonds is 0. The second kappa shape index (κ2) is 2.02. The molecule has 0 amide bonds. The van der Waals surface area contributed by atoms with Gasteiger partial charge in [-0.05, 0) is 13.0 Å². The highest BCUT2D eigenvalue weighted by Crippen LogP contribution is 2.41. The van der Waals surface area contributed by atoms with E-state index in [1.807, 2.05) is 6.92 Å². The number of hydrogen-bond donors (Lipinski definition) is 0. The van der Waals surface area contributed by atoms with E-state index in [1.165, 1.54) is 19.5 Å². The van der Waals surface area contributed by atoms with Crippen molar-refractivity contribution in [2.75, 3.05) is 26.2 Å². The Morgan fingerprint density at radius 3 is 3.08 bits per heavy atom. The van der Waals surface area contributed by atoms with Gasteiger partial charge < -0.3 is 4.74 Å². The first kappa shape index (κ1) is 6.89. The van der Waals surface area contributed by atoms with Gasteiger partial charge in [0, 0.05) is 25.9 Å². The quantitative estimate of drug-likeness (QED) is 0.524. The third-order valence-electron chi connectivity index (χ3n) is 3.43. The molecule has 2 saturated heterocycles. The van der Waals surface area contributed by atoms with Crippen molar-refractivity contribution in [2.24, 2.45) is 10.9 Å². The molecule has 2 bridgehead atoms. The molecule has 1 spiro atoms. The Bertz CT molecular complexity index is 251. The summed E-state index contributed by atoms with van der Waals surface area (Å²) in [7, 11) is 0. The Hall–Kier alpha value is -0.570. The number of ether oxygens (including phenoxy) is 1. The molecule has 12 heavy (non-hydrogen) atoms. The van der Waals surface area contributed by atoms with E-state index in [0.29, 0.717) is 0 Å². The fourth-order valence-electron chi connectivity index (χ4n) is 2.81. The van der Waals surface area contributed by atoms with Gasteiger partial charge >= 0.3 is 0 Å². The third kappa shape index (κ3) is 0.724. The van der Waals surface area contributed by atoms with E-state index in [-0.39, 0.29) is 5.60 Å². The van der Waals surface area contributed by atoms with Crippen molar-refractivity contribution in [1.29, 1.82) is 0 Å². The first-order valence-electron chi connectivity index (χ1n) is 4.71. The molecule has 0 saturated carbocycles. The Morgan fingerprint density at radius 1 is 1.67 bits per heavy atom. The Kier molecular flexibility index (Phi) is 1.16. The highest BCUT2D eigenvalue weighted by atomic mass is 16.5. The lowest BCUT2D eigenvalue weighted by molar-refractivity contribution is 0.0359. The van der Waals surface area contributed by atoms with Gasteiger partial charge in [-0.2, -0.15) is 0 Å². The van der Waals surface area contributed by atoms with Crippen LogP contribution in [0.2, 0.25) is 0 Å². The molecule has 0 aliphatic carbocycles. The van der Waals surface area contributed by atoms with Gasteiger partial charge in [-0.15, -0.1) is 0 Å². The summed E-state index contributed by atoms with van der Waals surface area (Å²) in [6.45, 7) is 6.49. The SMILES string of the molecule is CC1=NCC2(CN3CCC2C3)O1. The first-order valence-corrected chi connectivity index (χ1v) is 4.71. The van der Waals surface area contributed by atoms with Crippen LogP contribution in [0.15, 0.2) is 4.99 Å². The molecule has 0 aromatic carbocycles. The first-order chi connectivity index (χ1) is 5.78. The Balaban J connectivity index is 1.86. The lowest BCUT2D eigenvalue weighted by Crippen LogP contribution is -2.45. The van der Waals surface area contributed by atoms with Crippen molar-refractivity contribution in [3.63, 3.8) is 0 Å². The van der Waals surface area contributed by atoms with Gasteiger partial charge in [0.1, 0.15) is 5.60 Å². The maximum Gasteiger partial charge on any atom is 0.181 e. The zero-order valence-corrected chi connectivity index (χ0v) is 7.42. The zero-order chi connectivity index (χ0) is 8.18. The Labute approximate surface area is 72.4 Å². The van der Waals surface area contributed by atoms with Crippen molar-refractivity contribution < 1.29 is 4.74 Å². The monoisotopic (exact) mass is 166 g/mol. The van der Waals surface area contributed by atoms with E-state index in [2.05, 4.69) is 9.89 Å². The molecule has 3 nitrogen and oxygen atoms in total. The highest BCUT2D eigenvalue weighted by molar-refractivity contribution is 5.75. The van der Waals surface area contributed by atoms with Crippen LogP contribution < -0.4 is 0 Å². The fraction of sp³-hybridized carbons (Fsp3) is 0.889. The normalized spacial score (nSPS) is 49.9. The molecule has 3 heteroatoms. The van der Waals surface area contributed by atoms with Crippen LogP contribution in [0.25, 0.3) is 0 Å². The lowest BCUT2D eigenvalue weighted by Gasteiger charge is -2.31. The third-order valence-corrected chi connectivity index (χ3v) is 3.43. The minimum absolute atomic E-state index is 0.0995. The maximum absolute atomic E-state index is 5.85. The molecule has 66 valence electrons. The lowest BCUT2D eigenvalue weighted by atomic mass is 9.88. The molecule has 3 aliphatic rings. The van der Waals surface area contributed by atoms with Gasteiger partial charge in [-0.3, -0.25) is 9.89 Å². The van der Waals surface area contributed by atoms with Crippen LogP contribution in [-0.4, -0.2) is 42.6 Å². The van der Waals surface area contributed by atoms with Gasteiger partial charge in [0.25, 0.3) is 0 Å². The summed E-state index contributed by atoms with van der Waals surface area (Å²) < 4.78 is 5.85. The molecule has 3 rings (SSSR count). The predicted octanol–water partition coefficient (Wildman–Crippen LogP) is 0.509. The summed E-state index contributed by atoms with van der Waals surface area (Å²) in [5.74, 6) is 1.64.